The van der Waals surface area contributed by atoms with Gasteiger partial charge in [-0.15, -0.1) is 0 Å². The van der Waals surface area contributed by atoms with E-state index < -0.39 is 0 Å². The van der Waals surface area contributed by atoms with Gasteiger partial charge in [-0.2, -0.15) is 0 Å². The van der Waals surface area contributed by atoms with Gasteiger partial charge < -0.3 is 4.98 Å². The Morgan fingerprint density at radius 2 is 2.07 bits per heavy atom. The molecule has 2 aromatic rings. The summed E-state index contributed by atoms with van der Waals surface area (Å²) in [5.74, 6) is 0.778. The van der Waals surface area contributed by atoms with Crippen molar-refractivity contribution in [2.75, 3.05) is 0 Å². The molecule has 0 spiro atoms. The minimum Gasteiger partial charge on any atom is -0.361 e. The van der Waals surface area contributed by atoms with E-state index in [0.717, 1.165) is 5.92 Å². The van der Waals surface area contributed by atoms with Gasteiger partial charge in [0, 0.05) is 17.1 Å². The summed E-state index contributed by atoms with van der Waals surface area (Å²) in [6.45, 7) is 6.71. The Morgan fingerprint density at radius 1 is 1.27 bits per heavy atom. The molecule has 0 radical (unpaired) electrons. The van der Waals surface area contributed by atoms with Crippen LogP contribution < -0.4 is 0 Å². The number of fused-ring (bicyclic) bond motifs is 1. The molecule has 1 heterocycles. The Labute approximate surface area is 91.5 Å². The summed E-state index contributed by atoms with van der Waals surface area (Å²) in [5.41, 5.74) is 4.10. The topological polar surface area (TPSA) is 15.8 Å². The molecular formula is C14H19N. The van der Waals surface area contributed by atoms with E-state index >= 15 is 0 Å². The number of aromatic amines is 1. The smallest absolute Gasteiger partial charge is 0.0486 e. The second-order valence-electron chi connectivity index (χ2n) is 4.74. The van der Waals surface area contributed by atoms with Crippen molar-refractivity contribution in [3.8, 4) is 0 Å². The second kappa shape index (κ2) is 4.09. The number of aryl methyl sites for hydroxylation is 2. The molecule has 15 heavy (non-hydrogen) atoms. The van der Waals surface area contributed by atoms with Crippen molar-refractivity contribution in [3.63, 3.8) is 0 Å². The molecule has 1 N–H and O–H groups in total. The Kier molecular flexibility index (Phi) is 2.81. The molecule has 1 nitrogen and oxygen atoms in total. The third-order valence-electron chi connectivity index (χ3n) is 3.00. The molecule has 0 unspecified atom stereocenters. The fraction of sp³-hybridized carbons (Fsp3) is 0.429. The van der Waals surface area contributed by atoms with Crippen molar-refractivity contribution in [1.82, 2.24) is 4.98 Å². The Hall–Kier alpha value is -1.24. The average Bonchev–Trinajstić information content (AvgIpc) is 2.59. The normalized spacial score (nSPS) is 11.5. The first-order valence-electron chi connectivity index (χ1n) is 5.74. The number of benzene rings is 1. The fourth-order valence-electron chi connectivity index (χ4n) is 2.01. The molecule has 2 rings (SSSR count). The SMILES string of the molecule is Cc1cccc2c(CCC(C)C)c[nH]c12. The van der Waals surface area contributed by atoms with Gasteiger partial charge in [0.25, 0.3) is 0 Å². The van der Waals surface area contributed by atoms with Crippen molar-refractivity contribution < 1.29 is 0 Å². The first kappa shape index (κ1) is 10.3. The number of aromatic nitrogens is 1. The van der Waals surface area contributed by atoms with E-state index in [0.29, 0.717) is 0 Å². The van der Waals surface area contributed by atoms with Gasteiger partial charge >= 0.3 is 0 Å². The molecule has 0 bridgehead atoms. The van der Waals surface area contributed by atoms with E-state index in [-0.39, 0.29) is 0 Å². The lowest BCUT2D eigenvalue weighted by Crippen LogP contribution is -1.90. The maximum Gasteiger partial charge on any atom is 0.0486 e. The van der Waals surface area contributed by atoms with Gasteiger partial charge in [0.05, 0.1) is 0 Å². The Bertz CT molecular complexity index is 451. The van der Waals surface area contributed by atoms with E-state index in [1.807, 2.05) is 0 Å². The number of rotatable bonds is 3. The minimum absolute atomic E-state index is 0.778. The third-order valence-corrected chi connectivity index (χ3v) is 3.00. The molecule has 0 atom stereocenters. The second-order valence-corrected chi connectivity index (χ2v) is 4.74. The lowest BCUT2D eigenvalue weighted by atomic mass is 10.0. The molecule has 0 aliphatic heterocycles. The molecule has 1 aromatic heterocycles. The predicted molar refractivity (Wildman–Crippen MR) is 66.2 cm³/mol. The molecule has 0 fully saturated rings. The van der Waals surface area contributed by atoms with Crippen LogP contribution in [0.4, 0.5) is 0 Å². The predicted octanol–water partition coefficient (Wildman–Crippen LogP) is 4.06. The van der Waals surface area contributed by atoms with Gasteiger partial charge in [-0.3, -0.25) is 0 Å². The zero-order chi connectivity index (χ0) is 10.8. The number of hydrogen-bond donors (Lipinski definition) is 1. The van der Waals surface area contributed by atoms with Crippen LogP contribution in [0.5, 0.6) is 0 Å². The van der Waals surface area contributed by atoms with E-state index in [9.17, 15) is 0 Å². The van der Waals surface area contributed by atoms with E-state index in [2.05, 4.69) is 50.2 Å². The first-order valence-corrected chi connectivity index (χ1v) is 5.74. The highest BCUT2D eigenvalue weighted by Crippen LogP contribution is 2.23. The summed E-state index contributed by atoms with van der Waals surface area (Å²) in [4.78, 5) is 3.38. The van der Waals surface area contributed by atoms with Crippen molar-refractivity contribution in [3.05, 3.63) is 35.5 Å². The molecule has 0 aliphatic carbocycles. The Morgan fingerprint density at radius 3 is 2.80 bits per heavy atom. The Balaban J connectivity index is 2.33. The molecule has 0 amide bonds. The molecule has 0 aliphatic rings. The highest BCUT2D eigenvalue weighted by Gasteiger charge is 2.05. The summed E-state index contributed by atoms with van der Waals surface area (Å²) < 4.78 is 0. The zero-order valence-corrected chi connectivity index (χ0v) is 9.80. The maximum absolute atomic E-state index is 3.38. The number of para-hydroxylation sites is 1. The lowest BCUT2D eigenvalue weighted by Gasteiger charge is -2.03. The molecular weight excluding hydrogens is 182 g/mol. The molecule has 0 saturated heterocycles. The van der Waals surface area contributed by atoms with E-state index in [1.165, 1.54) is 34.9 Å². The van der Waals surface area contributed by atoms with Crippen LogP contribution >= 0.6 is 0 Å². The molecule has 0 saturated carbocycles. The van der Waals surface area contributed by atoms with Gasteiger partial charge in [0.1, 0.15) is 0 Å². The van der Waals surface area contributed by atoms with Crippen molar-refractivity contribution in [2.24, 2.45) is 5.92 Å². The summed E-state index contributed by atoms with van der Waals surface area (Å²) in [6.07, 6.45) is 4.61. The largest absolute Gasteiger partial charge is 0.361 e. The van der Waals surface area contributed by atoms with Gasteiger partial charge in [-0.1, -0.05) is 32.0 Å². The lowest BCUT2D eigenvalue weighted by molar-refractivity contribution is 0.588. The standard InChI is InChI=1S/C14H19N/c1-10(2)7-8-12-9-15-14-11(3)5-4-6-13(12)14/h4-6,9-10,15H,7-8H2,1-3H3. The van der Waals surface area contributed by atoms with Crippen molar-refractivity contribution in [2.45, 2.75) is 33.6 Å². The molecule has 1 aromatic carbocycles. The molecule has 1 heteroatoms. The van der Waals surface area contributed by atoms with Crippen LogP contribution in [0.3, 0.4) is 0 Å². The fourth-order valence-corrected chi connectivity index (χ4v) is 2.01. The van der Waals surface area contributed by atoms with Crippen LogP contribution in [0.2, 0.25) is 0 Å². The van der Waals surface area contributed by atoms with E-state index in [4.69, 9.17) is 0 Å². The molecule has 80 valence electrons. The first-order chi connectivity index (χ1) is 7.18. The summed E-state index contributed by atoms with van der Waals surface area (Å²) >= 11 is 0. The van der Waals surface area contributed by atoms with Gasteiger partial charge in [-0.25, -0.2) is 0 Å². The minimum atomic E-state index is 0.778. The third kappa shape index (κ3) is 2.06. The van der Waals surface area contributed by atoms with Gasteiger partial charge in [0.2, 0.25) is 0 Å². The van der Waals surface area contributed by atoms with Crippen LogP contribution in [0.1, 0.15) is 31.4 Å². The zero-order valence-electron chi connectivity index (χ0n) is 9.80. The highest BCUT2D eigenvalue weighted by molar-refractivity contribution is 5.85. The van der Waals surface area contributed by atoms with Crippen LogP contribution in [0, 0.1) is 12.8 Å². The highest BCUT2D eigenvalue weighted by atomic mass is 14.7. The monoisotopic (exact) mass is 201 g/mol. The van der Waals surface area contributed by atoms with Gasteiger partial charge in [0.15, 0.2) is 0 Å². The summed E-state index contributed by atoms with van der Waals surface area (Å²) in [6, 6.07) is 6.52. The average molecular weight is 201 g/mol. The van der Waals surface area contributed by atoms with Crippen LogP contribution in [-0.2, 0) is 6.42 Å². The van der Waals surface area contributed by atoms with Crippen LogP contribution in [-0.4, -0.2) is 4.98 Å². The van der Waals surface area contributed by atoms with Gasteiger partial charge in [-0.05, 0) is 36.8 Å². The summed E-state index contributed by atoms with van der Waals surface area (Å²) in [5, 5.41) is 1.40. The van der Waals surface area contributed by atoms with Crippen molar-refractivity contribution in [1.29, 1.82) is 0 Å². The number of hydrogen-bond acceptors (Lipinski definition) is 0. The number of nitrogens with one attached hydrogen (secondary N) is 1. The van der Waals surface area contributed by atoms with Crippen LogP contribution in [0.25, 0.3) is 10.9 Å². The summed E-state index contributed by atoms with van der Waals surface area (Å²) in [7, 11) is 0. The quantitative estimate of drug-likeness (QED) is 0.770. The van der Waals surface area contributed by atoms with Crippen LogP contribution in [0.15, 0.2) is 24.4 Å². The number of H-pyrrole nitrogens is 1. The maximum atomic E-state index is 3.38. The van der Waals surface area contributed by atoms with Crippen molar-refractivity contribution >= 4 is 10.9 Å². The van der Waals surface area contributed by atoms with E-state index in [1.54, 1.807) is 0 Å².